The normalized spacial score (nSPS) is 35.8. The van der Waals surface area contributed by atoms with Crippen LogP contribution < -0.4 is 11.2 Å². The minimum atomic E-state index is -4.51. The summed E-state index contributed by atoms with van der Waals surface area (Å²) in [6, 6.07) is -0.920. The Bertz CT molecular complexity index is 1450. The Morgan fingerprint density at radius 1 is 0.882 bits per heavy atom. The highest BCUT2D eigenvalue weighted by Crippen LogP contribution is 2.50. The minimum Gasteiger partial charge on any atom is -0.394 e. The number of hydrogen-bond donors (Lipinski definition) is 9. The van der Waals surface area contributed by atoms with Crippen molar-refractivity contribution in [2.45, 2.75) is 91.4 Å². The van der Waals surface area contributed by atoms with Crippen LogP contribution >= 0.6 is 31.3 Å². The van der Waals surface area contributed by atoms with Gasteiger partial charge in [0, 0.05) is 34.6 Å². The van der Waals surface area contributed by atoms with Gasteiger partial charge in [-0.25, -0.2) is 9.36 Å². The van der Waals surface area contributed by atoms with Crippen molar-refractivity contribution >= 4 is 31.3 Å². The van der Waals surface area contributed by atoms with E-state index in [2.05, 4.69) is 15.0 Å². The number of aromatic nitrogens is 2. The Morgan fingerprint density at radius 3 is 1.90 bits per heavy atom. The zero-order chi connectivity index (χ0) is 37.5. The first-order chi connectivity index (χ1) is 24.2. The first kappa shape index (κ1) is 42.1. The molecule has 51 heavy (non-hydrogen) atoms. The molecule has 4 heterocycles. The van der Waals surface area contributed by atoms with Gasteiger partial charge in [0.05, 0.1) is 45.2 Å². The number of H-pyrrole nitrogens is 1. The Balaban J connectivity index is 1.40. The lowest BCUT2D eigenvalue weighted by Gasteiger charge is -2.39. The molecule has 1 aromatic heterocycles. The van der Waals surface area contributed by atoms with E-state index in [9.17, 15) is 55.0 Å². The van der Waals surface area contributed by atoms with Gasteiger partial charge in [-0.05, 0) is 12.5 Å². The molecule has 0 amide bonds. The number of phosphoric ester groups is 1. The van der Waals surface area contributed by atoms with E-state index < -0.39 is 117 Å². The number of ether oxygens (including phenoxy) is 3. The molecule has 25 heteroatoms. The quantitative estimate of drug-likeness (QED) is 0.0250. The SMILES string of the molecule is Cc1cn([C@H]2C[C@H](N=[N+]=[N-])[C@@H](COP(=O)(OCCS[C@@H]3O[C@H](CO)[C@@H](O)[C@H](O)[C@H]3O)OCCS[C@@H]3O[C@H](CO)[C@@H](O)[C@H](O)[C@H]3O)O2)c(=O)[nH]c1=O. The standard InChI is InChI=1S/C26H42N5O17PS2/c1-11-7-31(26(41)28-23(11)40)16-6-12(29-30-27)15(46-16)10-45-49(42,43-2-4-50-24-21(38)19(36)17(34)13(8-32)47-24)44-3-5-51-25-22(39)20(37)18(35)14(9-33)48-25/h7,12-22,24-25,32-39H,2-6,8-10H2,1H3,(H,28,40,41)/t12-,13+,14+,15+,16+,17+,18+,19-,20-,21+,22+,24-,25-/m0/s1. The summed E-state index contributed by atoms with van der Waals surface area (Å²) in [6.45, 7) is -1.02. The van der Waals surface area contributed by atoms with Gasteiger partial charge in [0.25, 0.3) is 5.56 Å². The predicted octanol–water partition coefficient (Wildman–Crippen LogP) is -2.96. The number of phosphoric acid groups is 1. The molecular weight excluding hydrogens is 749 g/mol. The number of aliphatic hydroxyl groups is 8. The summed E-state index contributed by atoms with van der Waals surface area (Å²) in [5.41, 5.74) is 5.77. The lowest BCUT2D eigenvalue weighted by atomic mass is 10.0. The van der Waals surface area contributed by atoms with Crippen LogP contribution in [0.25, 0.3) is 10.4 Å². The third kappa shape index (κ3) is 10.5. The highest BCUT2D eigenvalue weighted by Gasteiger charge is 2.45. The van der Waals surface area contributed by atoms with Gasteiger partial charge in [0.1, 0.15) is 65.9 Å². The molecule has 3 saturated heterocycles. The number of nitrogens with one attached hydrogen (secondary N) is 1. The fourth-order valence-electron chi connectivity index (χ4n) is 5.34. The second-order valence-electron chi connectivity index (χ2n) is 11.7. The topological polar surface area (TPSA) is 338 Å². The van der Waals surface area contributed by atoms with Gasteiger partial charge in [-0.3, -0.25) is 27.9 Å². The molecule has 3 fully saturated rings. The predicted molar refractivity (Wildman–Crippen MR) is 175 cm³/mol. The maximum atomic E-state index is 13.8. The Hall–Kier alpha value is -1.64. The third-order valence-electron chi connectivity index (χ3n) is 8.18. The van der Waals surface area contributed by atoms with Gasteiger partial charge < -0.3 is 55.1 Å². The molecule has 3 aliphatic heterocycles. The first-order valence-corrected chi connectivity index (χ1v) is 19.2. The number of aliphatic hydroxyl groups excluding tert-OH is 8. The van der Waals surface area contributed by atoms with E-state index in [0.29, 0.717) is 0 Å². The number of aryl methyl sites for hydroxylation is 1. The van der Waals surface area contributed by atoms with E-state index in [1.807, 2.05) is 0 Å². The number of thioether (sulfide) groups is 2. The number of aromatic amines is 1. The Kier molecular flexibility index (Phi) is 15.8. The van der Waals surface area contributed by atoms with Crippen LogP contribution in [0.15, 0.2) is 20.9 Å². The van der Waals surface area contributed by atoms with Crippen molar-refractivity contribution in [2.75, 3.05) is 44.5 Å². The molecule has 1 aromatic rings. The van der Waals surface area contributed by atoms with Gasteiger partial charge in [-0.2, -0.15) is 0 Å². The average molecular weight is 792 g/mol. The monoisotopic (exact) mass is 791 g/mol. The summed E-state index contributed by atoms with van der Waals surface area (Å²) in [5, 5.41) is 83.2. The molecule has 3 aliphatic rings. The molecule has 4 rings (SSSR count). The number of azide groups is 1. The van der Waals surface area contributed by atoms with Crippen LogP contribution in [-0.4, -0.2) is 167 Å². The van der Waals surface area contributed by atoms with Crippen molar-refractivity contribution in [1.29, 1.82) is 0 Å². The fraction of sp³-hybridized carbons (Fsp3) is 0.846. The molecule has 0 radical (unpaired) electrons. The first-order valence-electron chi connectivity index (χ1n) is 15.6. The summed E-state index contributed by atoms with van der Waals surface area (Å²) < 4.78 is 48.3. The van der Waals surface area contributed by atoms with E-state index in [1.165, 1.54) is 13.1 Å². The van der Waals surface area contributed by atoms with E-state index in [0.717, 1.165) is 28.1 Å². The van der Waals surface area contributed by atoms with Crippen LogP contribution in [0.1, 0.15) is 18.2 Å². The van der Waals surface area contributed by atoms with Gasteiger partial charge in [0.2, 0.25) is 0 Å². The van der Waals surface area contributed by atoms with Gasteiger partial charge >= 0.3 is 13.5 Å². The largest absolute Gasteiger partial charge is 0.474 e. The third-order valence-corrected chi connectivity index (χ3v) is 11.9. The van der Waals surface area contributed by atoms with Crippen LogP contribution in [0.2, 0.25) is 0 Å². The van der Waals surface area contributed by atoms with Gasteiger partial charge in [-0.1, -0.05) is 5.11 Å². The van der Waals surface area contributed by atoms with Crippen LogP contribution in [0.3, 0.4) is 0 Å². The summed E-state index contributed by atoms with van der Waals surface area (Å²) in [4.78, 5) is 29.2. The van der Waals surface area contributed by atoms with E-state index in [1.54, 1.807) is 0 Å². The molecule has 13 atom stereocenters. The molecule has 0 aliphatic carbocycles. The molecule has 0 saturated carbocycles. The van der Waals surface area contributed by atoms with Crippen LogP contribution in [0, 0.1) is 6.92 Å². The molecule has 9 N–H and O–H groups in total. The zero-order valence-electron chi connectivity index (χ0n) is 27.0. The van der Waals surface area contributed by atoms with Crippen LogP contribution in [0.4, 0.5) is 0 Å². The number of hydrogen-bond acceptors (Lipinski definition) is 20. The highest BCUT2D eigenvalue weighted by atomic mass is 32.2. The van der Waals surface area contributed by atoms with E-state index in [-0.39, 0.29) is 36.7 Å². The molecule has 0 bridgehead atoms. The second kappa shape index (κ2) is 19.1. The van der Waals surface area contributed by atoms with E-state index >= 15 is 0 Å². The van der Waals surface area contributed by atoms with Crippen LogP contribution in [-0.2, 0) is 32.3 Å². The Morgan fingerprint density at radius 2 is 1.41 bits per heavy atom. The maximum absolute atomic E-state index is 13.8. The molecule has 0 spiro atoms. The summed E-state index contributed by atoms with van der Waals surface area (Å²) in [6.07, 6.45) is -12.5. The van der Waals surface area contributed by atoms with Crippen molar-refractivity contribution in [3.05, 3.63) is 43.0 Å². The van der Waals surface area contributed by atoms with Gasteiger partial charge in [0.15, 0.2) is 0 Å². The molecular formula is C26H42N5O17PS2. The summed E-state index contributed by atoms with van der Waals surface area (Å²) in [7, 11) is -4.51. The van der Waals surface area contributed by atoms with Crippen molar-refractivity contribution in [2.24, 2.45) is 5.11 Å². The molecule has 22 nitrogen and oxygen atoms in total. The van der Waals surface area contributed by atoms with Crippen molar-refractivity contribution < 1.29 is 73.2 Å². The average Bonchev–Trinajstić information content (AvgIpc) is 3.51. The molecule has 0 unspecified atom stereocenters. The maximum Gasteiger partial charge on any atom is 0.474 e. The van der Waals surface area contributed by atoms with Crippen molar-refractivity contribution in [1.82, 2.24) is 9.55 Å². The van der Waals surface area contributed by atoms with E-state index in [4.69, 9.17) is 33.3 Å². The second-order valence-corrected chi connectivity index (χ2v) is 15.7. The Labute approximate surface area is 297 Å². The fourth-order valence-corrected chi connectivity index (χ4v) is 8.75. The molecule has 290 valence electrons. The smallest absolute Gasteiger partial charge is 0.394 e. The van der Waals surface area contributed by atoms with Crippen LogP contribution in [0.5, 0.6) is 0 Å². The highest BCUT2D eigenvalue weighted by molar-refractivity contribution is 8.00. The van der Waals surface area contributed by atoms with Crippen molar-refractivity contribution in [3.63, 3.8) is 0 Å². The molecule has 0 aromatic carbocycles. The lowest BCUT2D eigenvalue weighted by Crippen LogP contribution is -2.57. The number of nitrogens with zero attached hydrogens (tertiary/aromatic N) is 4. The summed E-state index contributed by atoms with van der Waals surface area (Å²) >= 11 is 1.82. The zero-order valence-corrected chi connectivity index (χ0v) is 29.6. The lowest BCUT2D eigenvalue weighted by molar-refractivity contribution is -0.205. The summed E-state index contributed by atoms with van der Waals surface area (Å²) in [5.74, 6) is -0.0618. The minimum absolute atomic E-state index is 0.0129. The van der Waals surface area contributed by atoms with Gasteiger partial charge in [-0.15, -0.1) is 23.5 Å². The van der Waals surface area contributed by atoms with Crippen molar-refractivity contribution in [3.8, 4) is 0 Å². The number of rotatable bonds is 17.